The molecule has 20 heavy (non-hydrogen) atoms. The summed E-state index contributed by atoms with van der Waals surface area (Å²) in [5, 5.41) is 9.46. The Hall–Kier alpha value is -2.62. The van der Waals surface area contributed by atoms with Gasteiger partial charge in [0.2, 0.25) is 0 Å². The van der Waals surface area contributed by atoms with Gasteiger partial charge in [0, 0.05) is 5.56 Å². The molecular weight excluding hydrogens is 259 g/mol. The third kappa shape index (κ3) is 3.23. The van der Waals surface area contributed by atoms with Crippen LogP contribution in [0.2, 0.25) is 0 Å². The minimum Gasteiger partial charge on any atom is -0.504 e. The molecule has 0 fully saturated rings. The highest BCUT2D eigenvalue weighted by molar-refractivity contribution is 6.07. The Labute approximate surface area is 115 Å². The number of hydrogen-bond acceptors (Lipinski definition) is 3. The van der Waals surface area contributed by atoms with Crippen LogP contribution in [0, 0.1) is 5.82 Å². The molecule has 0 amide bonds. The van der Waals surface area contributed by atoms with Gasteiger partial charge in [-0.1, -0.05) is 18.2 Å². The third-order valence-corrected chi connectivity index (χ3v) is 2.76. The Morgan fingerprint density at radius 3 is 2.55 bits per heavy atom. The summed E-state index contributed by atoms with van der Waals surface area (Å²) >= 11 is 0. The van der Waals surface area contributed by atoms with E-state index in [4.69, 9.17) is 4.74 Å². The molecule has 102 valence electrons. The Morgan fingerprint density at radius 2 is 1.90 bits per heavy atom. The maximum atomic E-state index is 12.7. The van der Waals surface area contributed by atoms with E-state index >= 15 is 0 Å². The van der Waals surface area contributed by atoms with Crippen molar-refractivity contribution in [3.8, 4) is 11.5 Å². The van der Waals surface area contributed by atoms with Crippen molar-refractivity contribution in [3.05, 3.63) is 65.5 Å². The molecule has 0 atom stereocenters. The van der Waals surface area contributed by atoms with Crippen molar-refractivity contribution < 1.29 is 19.0 Å². The van der Waals surface area contributed by atoms with E-state index in [0.29, 0.717) is 5.56 Å². The number of methoxy groups -OCH3 is 1. The van der Waals surface area contributed by atoms with Crippen molar-refractivity contribution >= 4 is 11.9 Å². The number of carbonyl (C=O) groups excluding carboxylic acids is 1. The van der Waals surface area contributed by atoms with Crippen molar-refractivity contribution in [1.82, 2.24) is 0 Å². The summed E-state index contributed by atoms with van der Waals surface area (Å²) < 4.78 is 17.7. The van der Waals surface area contributed by atoms with Gasteiger partial charge in [-0.3, -0.25) is 4.79 Å². The molecule has 3 nitrogen and oxygen atoms in total. The molecule has 2 aromatic carbocycles. The number of hydrogen-bond donors (Lipinski definition) is 1. The van der Waals surface area contributed by atoms with Crippen LogP contribution in [0.5, 0.6) is 11.5 Å². The lowest BCUT2D eigenvalue weighted by atomic mass is 10.1. The second-order valence-corrected chi connectivity index (χ2v) is 4.14. The first-order chi connectivity index (χ1) is 9.60. The number of phenols is 1. The largest absolute Gasteiger partial charge is 0.504 e. The number of benzene rings is 2. The number of rotatable bonds is 4. The summed E-state index contributed by atoms with van der Waals surface area (Å²) in [6.45, 7) is 0. The number of halogens is 1. The molecule has 0 heterocycles. The second kappa shape index (κ2) is 6.02. The first-order valence-electron chi connectivity index (χ1n) is 5.95. The molecule has 0 saturated heterocycles. The smallest absolute Gasteiger partial charge is 0.185 e. The molecule has 0 aliphatic heterocycles. The summed E-state index contributed by atoms with van der Waals surface area (Å²) in [5.41, 5.74) is 1.13. The lowest BCUT2D eigenvalue weighted by molar-refractivity contribution is 0.104. The van der Waals surface area contributed by atoms with E-state index < -0.39 is 0 Å². The zero-order valence-electron chi connectivity index (χ0n) is 10.8. The highest BCUT2D eigenvalue weighted by Crippen LogP contribution is 2.26. The lowest BCUT2D eigenvalue weighted by Gasteiger charge is -2.04. The zero-order chi connectivity index (χ0) is 14.5. The van der Waals surface area contributed by atoms with E-state index in [9.17, 15) is 14.3 Å². The molecule has 0 bridgehead atoms. The molecular formula is C16H13FO3. The Kier molecular flexibility index (Phi) is 4.15. The predicted molar refractivity (Wildman–Crippen MR) is 74.4 cm³/mol. The van der Waals surface area contributed by atoms with Gasteiger partial charge < -0.3 is 9.84 Å². The van der Waals surface area contributed by atoms with E-state index in [1.807, 2.05) is 0 Å². The maximum Gasteiger partial charge on any atom is 0.185 e. The number of phenolic OH excluding ortho intramolecular Hbond substituents is 1. The van der Waals surface area contributed by atoms with Gasteiger partial charge >= 0.3 is 0 Å². The normalized spacial score (nSPS) is 10.7. The lowest BCUT2D eigenvalue weighted by Crippen LogP contribution is -1.95. The van der Waals surface area contributed by atoms with Crippen LogP contribution in [0.25, 0.3) is 6.08 Å². The van der Waals surface area contributed by atoms with Crippen LogP contribution < -0.4 is 4.74 Å². The summed E-state index contributed by atoms with van der Waals surface area (Å²) in [7, 11) is 1.41. The second-order valence-electron chi connectivity index (χ2n) is 4.14. The van der Waals surface area contributed by atoms with E-state index in [0.717, 1.165) is 5.56 Å². The first kappa shape index (κ1) is 13.8. The molecule has 0 aromatic heterocycles. The van der Waals surface area contributed by atoms with Crippen LogP contribution in [-0.4, -0.2) is 18.0 Å². The Morgan fingerprint density at radius 1 is 1.20 bits per heavy atom. The van der Waals surface area contributed by atoms with Crippen LogP contribution in [0.1, 0.15) is 15.9 Å². The fraction of sp³-hybridized carbons (Fsp3) is 0.0625. The van der Waals surface area contributed by atoms with E-state index in [-0.39, 0.29) is 23.1 Å². The van der Waals surface area contributed by atoms with Crippen LogP contribution in [0.3, 0.4) is 0 Å². The van der Waals surface area contributed by atoms with Gasteiger partial charge in [0.15, 0.2) is 17.3 Å². The first-order valence-corrected chi connectivity index (χ1v) is 5.95. The van der Waals surface area contributed by atoms with Gasteiger partial charge in [-0.25, -0.2) is 4.39 Å². The van der Waals surface area contributed by atoms with Gasteiger partial charge in [0.05, 0.1) is 7.11 Å². The number of ketones is 1. The topological polar surface area (TPSA) is 46.5 Å². The fourth-order valence-corrected chi connectivity index (χ4v) is 1.67. The molecule has 1 N–H and O–H groups in total. The quantitative estimate of drug-likeness (QED) is 0.685. The molecule has 0 aliphatic carbocycles. The van der Waals surface area contributed by atoms with Gasteiger partial charge in [0.25, 0.3) is 0 Å². The van der Waals surface area contributed by atoms with Crippen LogP contribution in [0.15, 0.2) is 48.5 Å². The maximum absolute atomic E-state index is 12.7. The van der Waals surface area contributed by atoms with Crippen LogP contribution >= 0.6 is 0 Å². The van der Waals surface area contributed by atoms with E-state index in [1.54, 1.807) is 18.2 Å². The number of aromatic hydroxyl groups is 1. The average molecular weight is 272 g/mol. The fourth-order valence-electron chi connectivity index (χ4n) is 1.67. The van der Waals surface area contributed by atoms with Crippen molar-refractivity contribution in [3.63, 3.8) is 0 Å². The summed E-state index contributed by atoms with van der Waals surface area (Å²) in [6.07, 6.45) is 2.99. The van der Waals surface area contributed by atoms with Gasteiger partial charge in [0.1, 0.15) is 5.82 Å². The predicted octanol–water partition coefficient (Wildman–Crippen LogP) is 3.44. The molecule has 0 aliphatic rings. The summed E-state index contributed by atoms with van der Waals surface area (Å²) in [4.78, 5) is 12.0. The summed E-state index contributed by atoms with van der Waals surface area (Å²) in [5.74, 6) is -0.332. The van der Waals surface area contributed by atoms with Crippen LogP contribution in [-0.2, 0) is 0 Å². The minimum atomic E-state index is -0.322. The molecule has 2 rings (SSSR count). The third-order valence-electron chi connectivity index (χ3n) is 2.76. The molecule has 4 heteroatoms. The zero-order valence-corrected chi connectivity index (χ0v) is 10.8. The van der Waals surface area contributed by atoms with Crippen molar-refractivity contribution in [2.75, 3.05) is 7.11 Å². The van der Waals surface area contributed by atoms with E-state index in [1.165, 1.54) is 43.5 Å². The van der Waals surface area contributed by atoms with Crippen molar-refractivity contribution in [1.29, 1.82) is 0 Å². The molecule has 2 aromatic rings. The highest BCUT2D eigenvalue weighted by atomic mass is 19.1. The minimum absolute atomic E-state index is 0.0217. The Bertz CT molecular complexity index is 645. The number of allylic oxidation sites excluding steroid dienone is 1. The molecule has 0 saturated carbocycles. The van der Waals surface area contributed by atoms with E-state index in [2.05, 4.69) is 0 Å². The standard InChI is InChI=1S/C16H13FO3/c1-20-16-10-12(5-9-15(16)19)14(18)8-4-11-2-6-13(17)7-3-11/h2-10,19H,1H3/b8-4+. The summed E-state index contributed by atoms with van der Waals surface area (Å²) in [6, 6.07) is 10.2. The van der Waals surface area contributed by atoms with Crippen molar-refractivity contribution in [2.45, 2.75) is 0 Å². The van der Waals surface area contributed by atoms with Crippen molar-refractivity contribution in [2.24, 2.45) is 0 Å². The highest BCUT2D eigenvalue weighted by Gasteiger charge is 2.07. The number of carbonyl (C=O) groups is 1. The SMILES string of the molecule is COc1cc(C(=O)/C=C/c2ccc(F)cc2)ccc1O. The van der Waals surface area contributed by atoms with Gasteiger partial charge in [-0.05, 0) is 42.0 Å². The Balaban J connectivity index is 2.17. The van der Waals surface area contributed by atoms with Crippen LogP contribution in [0.4, 0.5) is 4.39 Å². The monoisotopic (exact) mass is 272 g/mol. The molecule has 0 unspecified atom stereocenters. The number of ether oxygens (including phenoxy) is 1. The van der Waals surface area contributed by atoms with Gasteiger partial charge in [-0.2, -0.15) is 0 Å². The molecule has 0 radical (unpaired) electrons. The molecule has 0 spiro atoms. The average Bonchev–Trinajstić information content (AvgIpc) is 2.47. The van der Waals surface area contributed by atoms with Gasteiger partial charge in [-0.15, -0.1) is 0 Å².